The fourth-order valence-corrected chi connectivity index (χ4v) is 4.24. The molecule has 0 heterocycles. The van der Waals surface area contributed by atoms with Gasteiger partial charge in [0.2, 0.25) is 0 Å². The van der Waals surface area contributed by atoms with Crippen molar-refractivity contribution < 1.29 is 24.5 Å². The maximum absolute atomic E-state index is 12.0. The molecular weight excluding hydrogens is 344 g/mol. The second kappa shape index (κ2) is 10.4. The zero-order valence-corrected chi connectivity index (χ0v) is 17.5. The molecule has 0 unspecified atom stereocenters. The number of hydrogen-bond acceptors (Lipinski definition) is 5. The van der Waals surface area contributed by atoms with Crippen molar-refractivity contribution in [2.45, 2.75) is 91.3 Å². The van der Waals surface area contributed by atoms with Gasteiger partial charge in [-0.05, 0) is 44.9 Å². The van der Waals surface area contributed by atoms with Crippen LogP contribution in [0.3, 0.4) is 0 Å². The summed E-state index contributed by atoms with van der Waals surface area (Å²) >= 11 is 0. The van der Waals surface area contributed by atoms with Crippen LogP contribution in [0.15, 0.2) is 12.7 Å². The predicted molar refractivity (Wildman–Crippen MR) is 106 cm³/mol. The first-order chi connectivity index (χ1) is 12.6. The Morgan fingerprint density at radius 3 is 2.48 bits per heavy atom. The average molecular weight is 383 g/mol. The topological polar surface area (TPSA) is 83.8 Å². The lowest BCUT2D eigenvalue weighted by molar-refractivity contribution is -0.166. The van der Waals surface area contributed by atoms with Crippen molar-refractivity contribution in [3.63, 3.8) is 0 Å². The SMILES string of the molecule is C=C[C@]1(C)C[C@@H](OC(=O)CO)[C@@](C)(CCCCC(C)=O)[C@H](C)CCC[C@@H]1O. The summed E-state index contributed by atoms with van der Waals surface area (Å²) in [4.78, 5) is 23.2. The third kappa shape index (κ3) is 6.42. The van der Waals surface area contributed by atoms with E-state index in [9.17, 15) is 19.8 Å². The van der Waals surface area contributed by atoms with Gasteiger partial charge in [0.1, 0.15) is 18.5 Å². The first-order valence-corrected chi connectivity index (χ1v) is 10.2. The lowest BCUT2D eigenvalue weighted by Crippen LogP contribution is -2.45. The van der Waals surface area contributed by atoms with E-state index < -0.39 is 30.2 Å². The number of esters is 1. The molecule has 0 bridgehead atoms. The number of hydrogen-bond donors (Lipinski definition) is 2. The molecule has 5 atom stereocenters. The number of carbonyl (C=O) groups excluding carboxylic acids is 2. The van der Waals surface area contributed by atoms with Gasteiger partial charge in [0.25, 0.3) is 0 Å². The largest absolute Gasteiger partial charge is 0.460 e. The molecule has 1 aliphatic carbocycles. The van der Waals surface area contributed by atoms with Gasteiger partial charge in [0.15, 0.2) is 0 Å². The van der Waals surface area contributed by atoms with Gasteiger partial charge >= 0.3 is 5.97 Å². The highest BCUT2D eigenvalue weighted by molar-refractivity contribution is 5.75. The second-order valence-electron chi connectivity index (χ2n) is 8.81. The molecule has 156 valence electrons. The molecule has 0 aromatic rings. The molecule has 0 aromatic heterocycles. The highest BCUT2D eigenvalue weighted by atomic mass is 16.6. The standard InChI is InChI=1S/C22H38O5/c1-6-21(4)14-19(27-20(26)15-23)22(5,13-8-7-11-17(3)24)16(2)10-9-12-18(21)25/h6,16,18-19,23,25H,1,7-15H2,2-5H3/t16-,18+,19-,21-,22+/m1/s1. The minimum Gasteiger partial charge on any atom is -0.460 e. The van der Waals surface area contributed by atoms with E-state index in [0.717, 1.165) is 32.1 Å². The Morgan fingerprint density at radius 2 is 1.93 bits per heavy atom. The van der Waals surface area contributed by atoms with Crippen LogP contribution in [0.1, 0.15) is 79.1 Å². The minimum atomic E-state index is -0.654. The Kier molecular flexibility index (Phi) is 9.16. The summed E-state index contributed by atoms with van der Waals surface area (Å²) in [6, 6.07) is 0. The number of ether oxygens (including phenoxy) is 1. The van der Waals surface area contributed by atoms with E-state index in [2.05, 4.69) is 20.4 Å². The van der Waals surface area contributed by atoms with Gasteiger partial charge in [-0.15, -0.1) is 6.58 Å². The van der Waals surface area contributed by atoms with Crippen LogP contribution in [-0.4, -0.2) is 40.8 Å². The van der Waals surface area contributed by atoms with E-state index in [-0.39, 0.29) is 17.1 Å². The van der Waals surface area contributed by atoms with Crippen molar-refractivity contribution in [3.8, 4) is 0 Å². The van der Waals surface area contributed by atoms with Gasteiger partial charge in [0, 0.05) is 17.3 Å². The monoisotopic (exact) mass is 382 g/mol. The van der Waals surface area contributed by atoms with Gasteiger partial charge in [-0.3, -0.25) is 0 Å². The van der Waals surface area contributed by atoms with Crippen LogP contribution in [0.2, 0.25) is 0 Å². The average Bonchev–Trinajstić information content (AvgIpc) is 2.65. The Bertz CT molecular complexity index is 517. The first-order valence-electron chi connectivity index (χ1n) is 10.2. The molecule has 5 nitrogen and oxygen atoms in total. The molecule has 1 rings (SSSR count). The number of ketones is 1. The highest BCUT2D eigenvalue weighted by Crippen LogP contribution is 2.48. The van der Waals surface area contributed by atoms with Crippen LogP contribution in [0.25, 0.3) is 0 Å². The molecule has 1 fully saturated rings. The summed E-state index contributed by atoms with van der Waals surface area (Å²) in [5.74, 6) is -0.165. The van der Waals surface area contributed by atoms with Crippen molar-refractivity contribution in [3.05, 3.63) is 12.7 Å². The number of carbonyl (C=O) groups is 2. The number of aliphatic hydroxyl groups is 2. The number of rotatable bonds is 8. The normalized spacial score (nSPS) is 34.8. The maximum Gasteiger partial charge on any atom is 0.332 e. The fourth-order valence-electron chi connectivity index (χ4n) is 4.24. The van der Waals surface area contributed by atoms with Crippen molar-refractivity contribution in [2.75, 3.05) is 6.61 Å². The summed E-state index contributed by atoms with van der Waals surface area (Å²) in [6.45, 7) is 11.1. The van der Waals surface area contributed by atoms with Gasteiger partial charge < -0.3 is 19.7 Å². The third-order valence-electron chi connectivity index (χ3n) is 6.73. The third-order valence-corrected chi connectivity index (χ3v) is 6.73. The van der Waals surface area contributed by atoms with E-state index >= 15 is 0 Å². The summed E-state index contributed by atoms with van der Waals surface area (Å²) in [5, 5.41) is 19.9. The molecular formula is C22H38O5. The summed E-state index contributed by atoms with van der Waals surface area (Å²) < 4.78 is 5.73. The van der Waals surface area contributed by atoms with Gasteiger partial charge in [-0.2, -0.15) is 0 Å². The zero-order chi connectivity index (χ0) is 20.7. The van der Waals surface area contributed by atoms with Gasteiger partial charge in [-0.1, -0.05) is 39.7 Å². The van der Waals surface area contributed by atoms with Crippen molar-refractivity contribution in [2.24, 2.45) is 16.7 Å². The van der Waals surface area contributed by atoms with E-state index in [4.69, 9.17) is 4.74 Å². The van der Waals surface area contributed by atoms with Gasteiger partial charge in [-0.25, -0.2) is 4.79 Å². The van der Waals surface area contributed by atoms with Crippen molar-refractivity contribution in [1.29, 1.82) is 0 Å². The van der Waals surface area contributed by atoms with E-state index in [1.54, 1.807) is 13.0 Å². The molecule has 0 saturated heterocycles. The lowest BCUT2D eigenvalue weighted by atomic mass is 9.65. The zero-order valence-electron chi connectivity index (χ0n) is 17.5. The Hall–Kier alpha value is -1.20. The van der Waals surface area contributed by atoms with E-state index in [1.807, 2.05) is 6.92 Å². The molecule has 5 heteroatoms. The Balaban J connectivity index is 3.16. The van der Waals surface area contributed by atoms with Crippen molar-refractivity contribution >= 4 is 11.8 Å². The van der Waals surface area contributed by atoms with E-state index in [0.29, 0.717) is 19.3 Å². The van der Waals surface area contributed by atoms with Crippen LogP contribution >= 0.6 is 0 Å². The van der Waals surface area contributed by atoms with Crippen LogP contribution in [0.5, 0.6) is 0 Å². The second-order valence-corrected chi connectivity index (χ2v) is 8.81. The predicted octanol–water partition coefficient (Wildman–Crippen LogP) is 3.81. The number of aliphatic hydroxyl groups excluding tert-OH is 2. The molecule has 0 spiro atoms. The lowest BCUT2D eigenvalue weighted by Gasteiger charge is -2.44. The smallest absolute Gasteiger partial charge is 0.332 e. The van der Waals surface area contributed by atoms with E-state index in [1.165, 1.54) is 0 Å². The van der Waals surface area contributed by atoms with Crippen molar-refractivity contribution in [1.82, 2.24) is 0 Å². The molecule has 0 radical (unpaired) electrons. The highest BCUT2D eigenvalue weighted by Gasteiger charge is 2.46. The summed E-state index contributed by atoms with van der Waals surface area (Å²) in [7, 11) is 0. The Labute approximate surface area is 164 Å². The number of unbranched alkanes of at least 4 members (excludes halogenated alkanes) is 1. The summed E-state index contributed by atoms with van der Waals surface area (Å²) in [6.07, 6.45) is 6.87. The quantitative estimate of drug-likeness (QED) is 0.379. The van der Waals surface area contributed by atoms with Crippen LogP contribution in [0.4, 0.5) is 0 Å². The van der Waals surface area contributed by atoms with Gasteiger partial charge in [0.05, 0.1) is 6.10 Å². The molecule has 1 aliphatic rings. The maximum atomic E-state index is 12.0. The Morgan fingerprint density at radius 1 is 1.26 bits per heavy atom. The summed E-state index contributed by atoms with van der Waals surface area (Å²) in [5.41, 5.74) is -0.860. The van der Waals surface area contributed by atoms with Crippen LogP contribution < -0.4 is 0 Å². The molecule has 27 heavy (non-hydrogen) atoms. The molecule has 0 aliphatic heterocycles. The van der Waals surface area contributed by atoms with Crippen LogP contribution in [0, 0.1) is 16.7 Å². The molecule has 0 aromatic carbocycles. The van der Waals surface area contributed by atoms with Crippen LogP contribution in [-0.2, 0) is 14.3 Å². The minimum absolute atomic E-state index is 0.188. The molecule has 2 N–H and O–H groups in total. The number of Topliss-reactive ketones (excluding diaryl/α,β-unsaturated/α-hetero) is 1. The molecule has 1 saturated carbocycles. The first kappa shape index (κ1) is 23.8. The molecule has 0 amide bonds. The fraction of sp³-hybridized carbons (Fsp3) is 0.818.